The molecular weight excluding hydrogens is 234 g/mol. The number of para-hydroxylation sites is 1. The summed E-state index contributed by atoms with van der Waals surface area (Å²) in [7, 11) is 0. The number of aryl methyl sites for hydroxylation is 1. The van der Waals surface area contributed by atoms with E-state index in [1.54, 1.807) is 0 Å². The zero-order chi connectivity index (χ0) is 12.1. The molecule has 1 heterocycles. The standard InChI is InChI=1S/C13H17NO2S/c15-13-6-5-11-3-1-2-4-12(11)14(13)7-8-16-9-10-17/h1-4,17H,5-10H2. The van der Waals surface area contributed by atoms with Crippen molar-refractivity contribution in [2.45, 2.75) is 12.8 Å². The first-order valence-electron chi connectivity index (χ1n) is 5.90. The number of hydrogen-bond acceptors (Lipinski definition) is 3. The van der Waals surface area contributed by atoms with Crippen molar-refractivity contribution in [2.24, 2.45) is 0 Å². The van der Waals surface area contributed by atoms with E-state index in [0.717, 1.165) is 12.1 Å². The third-order valence-electron chi connectivity index (χ3n) is 2.89. The zero-order valence-electron chi connectivity index (χ0n) is 9.76. The third kappa shape index (κ3) is 3.01. The van der Waals surface area contributed by atoms with Gasteiger partial charge in [-0.3, -0.25) is 4.79 Å². The fourth-order valence-corrected chi connectivity index (χ4v) is 2.19. The molecule has 0 atom stereocenters. The summed E-state index contributed by atoms with van der Waals surface area (Å²) < 4.78 is 5.38. The van der Waals surface area contributed by atoms with Crippen LogP contribution in [0.25, 0.3) is 0 Å². The highest BCUT2D eigenvalue weighted by molar-refractivity contribution is 7.80. The van der Waals surface area contributed by atoms with Gasteiger partial charge in [0.2, 0.25) is 5.91 Å². The summed E-state index contributed by atoms with van der Waals surface area (Å²) in [5, 5.41) is 0. The molecule has 1 amide bonds. The van der Waals surface area contributed by atoms with Crippen molar-refractivity contribution in [3.05, 3.63) is 29.8 Å². The molecule has 1 aromatic rings. The van der Waals surface area contributed by atoms with Crippen molar-refractivity contribution in [2.75, 3.05) is 30.4 Å². The maximum atomic E-state index is 11.9. The van der Waals surface area contributed by atoms with Crippen molar-refractivity contribution < 1.29 is 9.53 Å². The molecule has 17 heavy (non-hydrogen) atoms. The van der Waals surface area contributed by atoms with Crippen LogP contribution in [0.4, 0.5) is 5.69 Å². The largest absolute Gasteiger partial charge is 0.379 e. The molecule has 0 radical (unpaired) electrons. The Balaban J connectivity index is 2.02. The molecule has 0 saturated heterocycles. The molecule has 3 nitrogen and oxygen atoms in total. The van der Waals surface area contributed by atoms with Gasteiger partial charge in [-0.25, -0.2) is 0 Å². The third-order valence-corrected chi connectivity index (χ3v) is 3.07. The molecule has 0 unspecified atom stereocenters. The number of carbonyl (C=O) groups excluding carboxylic acids is 1. The Kier molecular flexibility index (Phi) is 4.45. The highest BCUT2D eigenvalue weighted by Gasteiger charge is 2.22. The van der Waals surface area contributed by atoms with Gasteiger partial charge in [0, 0.05) is 24.4 Å². The number of benzene rings is 1. The number of fused-ring (bicyclic) bond motifs is 1. The molecule has 92 valence electrons. The molecule has 0 aromatic heterocycles. The molecule has 1 aliphatic heterocycles. The van der Waals surface area contributed by atoms with Crippen molar-refractivity contribution >= 4 is 24.2 Å². The van der Waals surface area contributed by atoms with Gasteiger partial charge in [-0.05, 0) is 18.1 Å². The summed E-state index contributed by atoms with van der Waals surface area (Å²) in [6.07, 6.45) is 1.45. The van der Waals surface area contributed by atoms with Gasteiger partial charge in [0.15, 0.2) is 0 Å². The lowest BCUT2D eigenvalue weighted by Gasteiger charge is -2.29. The number of amides is 1. The summed E-state index contributed by atoms with van der Waals surface area (Å²) in [6, 6.07) is 8.08. The monoisotopic (exact) mass is 251 g/mol. The first-order chi connectivity index (χ1) is 8.33. The molecule has 1 aromatic carbocycles. The van der Waals surface area contributed by atoms with E-state index in [4.69, 9.17) is 4.74 Å². The van der Waals surface area contributed by atoms with Crippen molar-refractivity contribution in [3.63, 3.8) is 0 Å². The van der Waals surface area contributed by atoms with E-state index >= 15 is 0 Å². The van der Waals surface area contributed by atoms with Crippen LogP contribution in [0.2, 0.25) is 0 Å². The average molecular weight is 251 g/mol. The number of anilines is 1. The molecule has 0 bridgehead atoms. The van der Waals surface area contributed by atoms with Gasteiger partial charge in [0.05, 0.1) is 13.2 Å². The van der Waals surface area contributed by atoms with Gasteiger partial charge >= 0.3 is 0 Å². The molecule has 2 rings (SSSR count). The Labute approximate surface area is 107 Å². The number of nitrogens with zero attached hydrogens (tertiary/aromatic N) is 1. The van der Waals surface area contributed by atoms with Crippen LogP contribution in [0.15, 0.2) is 24.3 Å². The molecular formula is C13H17NO2S. The fourth-order valence-electron chi connectivity index (χ4n) is 2.06. The second-order valence-corrected chi connectivity index (χ2v) is 4.46. The van der Waals surface area contributed by atoms with Crippen LogP contribution in [0.5, 0.6) is 0 Å². The van der Waals surface area contributed by atoms with Crippen LogP contribution in [0.3, 0.4) is 0 Å². The second-order valence-electron chi connectivity index (χ2n) is 4.01. The van der Waals surface area contributed by atoms with Crippen LogP contribution >= 0.6 is 12.6 Å². The number of rotatable bonds is 5. The average Bonchev–Trinajstić information content (AvgIpc) is 2.37. The van der Waals surface area contributed by atoms with E-state index in [1.807, 2.05) is 23.1 Å². The molecule has 0 N–H and O–H groups in total. The normalized spacial score (nSPS) is 14.9. The van der Waals surface area contributed by atoms with E-state index in [-0.39, 0.29) is 5.91 Å². The number of carbonyl (C=O) groups is 1. The van der Waals surface area contributed by atoms with Gasteiger partial charge in [-0.2, -0.15) is 12.6 Å². The molecule has 0 spiro atoms. The molecule has 0 fully saturated rings. The minimum Gasteiger partial charge on any atom is -0.379 e. The number of thiol groups is 1. The Bertz CT molecular complexity index is 395. The van der Waals surface area contributed by atoms with E-state index in [0.29, 0.717) is 31.9 Å². The predicted octanol–water partition coefficient (Wildman–Crippen LogP) is 1.91. The second kappa shape index (κ2) is 6.07. The summed E-state index contributed by atoms with van der Waals surface area (Å²) in [4.78, 5) is 13.7. The summed E-state index contributed by atoms with van der Waals surface area (Å²) >= 11 is 4.08. The van der Waals surface area contributed by atoms with Crippen LogP contribution in [0.1, 0.15) is 12.0 Å². The van der Waals surface area contributed by atoms with Crippen LogP contribution in [-0.4, -0.2) is 31.4 Å². The maximum Gasteiger partial charge on any atom is 0.227 e. The van der Waals surface area contributed by atoms with Gasteiger partial charge in [0.1, 0.15) is 0 Å². The van der Waals surface area contributed by atoms with E-state index < -0.39 is 0 Å². The topological polar surface area (TPSA) is 29.5 Å². The Hall–Kier alpha value is -1.00. The van der Waals surface area contributed by atoms with E-state index in [1.165, 1.54) is 5.56 Å². The quantitative estimate of drug-likeness (QED) is 0.640. The van der Waals surface area contributed by atoms with Crippen LogP contribution in [-0.2, 0) is 16.0 Å². The van der Waals surface area contributed by atoms with Crippen molar-refractivity contribution in [1.29, 1.82) is 0 Å². The summed E-state index contributed by atoms with van der Waals surface area (Å²) in [6.45, 7) is 1.83. The van der Waals surface area contributed by atoms with Gasteiger partial charge in [0.25, 0.3) is 0 Å². The van der Waals surface area contributed by atoms with Crippen molar-refractivity contribution in [3.8, 4) is 0 Å². The molecule has 0 saturated carbocycles. The number of hydrogen-bond donors (Lipinski definition) is 1. The smallest absolute Gasteiger partial charge is 0.227 e. The zero-order valence-corrected chi connectivity index (χ0v) is 10.7. The van der Waals surface area contributed by atoms with E-state index in [9.17, 15) is 4.79 Å². The van der Waals surface area contributed by atoms with Gasteiger partial charge in [-0.15, -0.1) is 0 Å². The SMILES string of the molecule is O=C1CCc2ccccc2N1CCOCCS. The van der Waals surface area contributed by atoms with E-state index in [2.05, 4.69) is 18.7 Å². The highest BCUT2D eigenvalue weighted by Crippen LogP contribution is 2.26. The Morgan fingerprint density at radius 1 is 1.24 bits per heavy atom. The van der Waals surface area contributed by atoms with Crippen LogP contribution < -0.4 is 4.90 Å². The fraction of sp³-hybridized carbons (Fsp3) is 0.462. The first kappa shape index (κ1) is 12.5. The van der Waals surface area contributed by atoms with Gasteiger partial charge < -0.3 is 9.64 Å². The predicted molar refractivity (Wildman–Crippen MR) is 71.8 cm³/mol. The summed E-state index contributed by atoms with van der Waals surface area (Å²) in [5.41, 5.74) is 2.29. The molecule has 1 aliphatic rings. The lowest BCUT2D eigenvalue weighted by molar-refractivity contribution is -0.119. The first-order valence-corrected chi connectivity index (χ1v) is 6.53. The van der Waals surface area contributed by atoms with Crippen LogP contribution in [0, 0.1) is 0 Å². The Morgan fingerprint density at radius 2 is 2.06 bits per heavy atom. The maximum absolute atomic E-state index is 11.9. The highest BCUT2D eigenvalue weighted by atomic mass is 32.1. The minimum atomic E-state index is 0.193. The number of ether oxygens (including phenoxy) is 1. The van der Waals surface area contributed by atoms with Crippen molar-refractivity contribution in [1.82, 2.24) is 0 Å². The molecule has 4 heteroatoms. The summed E-state index contributed by atoms with van der Waals surface area (Å²) in [5.74, 6) is 0.906. The van der Waals surface area contributed by atoms with Gasteiger partial charge in [-0.1, -0.05) is 18.2 Å². The molecule has 0 aliphatic carbocycles. The minimum absolute atomic E-state index is 0.193. The Morgan fingerprint density at radius 3 is 2.88 bits per heavy atom. The lowest BCUT2D eigenvalue weighted by Crippen LogP contribution is -2.37. The lowest BCUT2D eigenvalue weighted by atomic mass is 10.0.